The summed E-state index contributed by atoms with van der Waals surface area (Å²) in [5.41, 5.74) is 16.5. The zero-order valence-corrected chi connectivity index (χ0v) is 28.0. The molecule has 240 valence electrons. The SMILES string of the molecule is c1ccc(-c2nc3ccccc3nc2-c2ccc(-c3ccc4ccc5ccc(-c6ccc7c8c(cccc68)-c6ccccc6-7)nc5c4n3)cc2)cc1. The summed E-state index contributed by atoms with van der Waals surface area (Å²) in [5, 5.41) is 4.65. The van der Waals surface area contributed by atoms with E-state index >= 15 is 0 Å². The number of pyridine rings is 2. The normalized spacial score (nSPS) is 11.8. The number of para-hydroxylation sites is 2. The average Bonchev–Trinajstić information content (AvgIpc) is 3.55. The first-order chi connectivity index (χ1) is 25.8. The molecule has 0 saturated carbocycles. The summed E-state index contributed by atoms with van der Waals surface area (Å²) in [6.07, 6.45) is 0. The van der Waals surface area contributed by atoms with Crippen molar-refractivity contribution in [1.82, 2.24) is 19.9 Å². The van der Waals surface area contributed by atoms with Crippen LogP contribution in [0.1, 0.15) is 0 Å². The van der Waals surface area contributed by atoms with Crippen molar-refractivity contribution in [2.75, 3.05) is 0 Å². The number of aromatic nitrogens is 4. The second kappa shape index (κ2) is 11.2. The van der Waals surface area contributed by atoms with E-state index in [1.807, 2.05) is 42.5 Å². The van der Waals surface area contributed by atoms with E-state index in [1.165, 1.54) is 33.0 Å². The standard InChI is InChI=1S/C48H28N4/c1-2-9-30(10-3-1)45-48(52-43-16-7-6-15-42(43)51-45)31-19-17-29(18-20-31)40-27-23-32-21-22-33-24-28-41(50-47(33)46(32)49-40)36-25-26-39-35-12-5-4-11-34(35)37-13-8-14-38(36)44(37)39/h1-28H. The molecule has 3 aromatic heterocycles. The fourth-order valence-electron chi connectivity index (χ4n) is 7.91. The predicted molar refractivity (Wildman–Crippen MR) is 214 cm³/mol. The lowest BCUT2D eigenvalue weighted by Gasteiger charge is -2.12. The number of rotatable bonds is 4. The predicted octanol–water partition coefficient (Wildman–Crippen LogP) is 12.2. The zero-order chi connectivity index (χ0) is 34.2. The van der Waals surface area contributed by atoms with Crippen molar-refractivity contribution in [2.45, 2.75) is 0 Å². The van der Waals surface area contributed by atoms with Crippen LogP contribution in [0.3, 0.4) is 0 Å². The van der Waals surface area contributed by atoms with E-state index in [-0.39, 0.29) is 0 Å². The van der Waals surface area contributed by atoms with Crippen LogP contribution in [0.4, 0.5) is 0 Å². The van der Waals surface area contributed by atoms with Crippen molar-refractivity contribution in [1.29, 1.82) is 0 Å². The quantitative estimate of drug-likeness (QED) is 0.176. The molecule has 0 unspecified atom stereocenters. The molecule has 0 spiro atoms. The Morgan fingerprint density at radius 2 is 0.788 bits per heavy atom. The van der Waals surface area contributed by atoms with Crippen LogP contribution in [0.15, 0.2) is 170 Å². The molecule has 0 aliphatic heterocycles. The van der Waals surface area contributed by atoms with Gasteiger partial charge in [-0.3, -0.25) is 0 Å². The second-order valence-electron chi connectivity index (χ2n) is 13.4. The van der Waals surface area contributed by atoms with Crippen LogP contribution in [0.25, 0.3) is 111 Å². The first-order valence-electron chi connectivity index (χ1n) is 17.6. The highest BCUT2D eigenvalue weighted by molar-refractivity contribution is 6.18. The van der Waals surface area contributed by atoms with E-state index in [1.54, 1.807) is 0 Å². The van der Waals surface area contributed by atoms with Crippen LogP contribution >= 0.6 is 0 Å². The Bertz CT molecular complexity index is 3030. The van der Waals surface area contributed by atoms with Gasteiger partial charge in [0.05, 0.1) is 44.8 Å². The molecule has 7 aromatic carbocycles. The van der Waals surface area contributed by atoms with Crippen molar-refractivity contribution in [3.05, 3.63) is 170 Å². The third-order valence-electron chi connectivity index (χ3n) is 10.4. The molecule has 0 amide bonds. The highest BCUT2D eigenvalue weighted by atomic mass is 14.8. The Labute approximate surface area is 299 Å². The van der Waals surface area contributed by atoms with Gasteiger partial charge in [0.15, 0.2) is 0 Å². The first-order valence-corrected chi connectivity index (χ1v) is 17.6. The first kappa shape index (κ1) is 28.8. The second-order valence-corrected chi connectivity index (χ2v) is 13.4. The summed E-state index contributed by atoms with van der Waals surface area (Å²) < 4.78 is 0. The van der Waals surface area contributed by atoms with Crippen molar-refractivity contribution in [2.24, 2.45) is 0 Å². The largest absolute Gasteiger partial charge is 0.245 e. The molecule has 4 nitrogen and oxygen atoms in total. The molecule has 0 bridgehead atoms. The summed E-state index contributed by atoms with van der Waals surface area (Å²) in [6.45, 7) is 0. The van der Waals surface area contributed by atoms with Crippen molar-refractivity contribution in [3.8, 4) is 67.3 Å². The molecule has 0 fully saturated rings. The lowest BCUT2D eigenvalue weighted by molar-refractivity contribution is 1.29. The van der Waals surface area contributed by atoms with Gasteiger partial charge in [0.25, 0.3) is 0 Å². The summed E-state index contributed by atoms with van der Waals surface area (Å²) in [4.78, 5) is 20.7. The van der Waals surface area contributed by atoms with Gasteiger partial charge in [-0.25, -0.2) is 19.9 Å². The highest BCUT2D eigenvalue weighted by Gasteiger charge is 2.23. The molecule has 1 aliphatic carbocycles. The fourth-order valence-corrected chi connectivity index (χ4v) is 7.91. The van der Waals surface area contributed by atoms with Gasteiger partial charge in [0.2, 0.25) is 0 Å². The van der Waals surface area contributed by atoms with E-state index in [9.17, 15) is 0 Å². The van der Waals surface area contributed by atoms with E-state index in [0.717, 1.165) is 77.9 Å². The summed E-state index contributed by atoms with van der Waals surface area (Å²) in [5.74, 6) is 0. The Morgan fingerprint density at radius 3 is 1.48 bits per heavy atom. The zero-order valence-electron chi connectivity index (χ0n) is 28.0. The highest BCUT2D eigenvalue weighted by Crippen LogP contribution is 2.49. The lowest BCUT2D eigenvalue weighted by atomic mass is 9.96. The molecule has 11 rings (SSSR count). The van der Waals surface area contributed by atoms with Crippen molar-refractivity contribution < 1.29 is 0 Å². The maximum atomic E-state index is 5.33. The topological polar surface area (TPSA) is 51.6 Å². The van der Waals surface area contributed by atoms with E-state index in [0.29, 0.717) is 0 Å². The van der Waals surface area contributed by atoms with Gasteiger partial charge in [-0.2, -0.15) is 0 Å². The molecular formula is C48H28N4. The van der Waals surface area contributed by atoms with Crippen molar-refractivity contribution in [3.63, 3.8) is 0 Å². The van der Waals surface area contributed by atoms with E-state index in [4.69, 9.17) is 19.9 Å². The van der Waals surface area contributed by atoms with Crippen LogP contribution < -0.4 is 0 Å². The maximum Gasteiger partial charge on any atom is 0.0973 e. The molecule has 10 aromatic rings. The summed E-state index contributed by atoms with van der Waals surface area (Å²) in [7, 11) is 0. The molecule has 1 aliphatic rings. The molecule has 0 radical (unpaired) electrons. The number of fused-ring (bicyclic) bond motifs is 7. The van der Waals surface area contributed by atoms with Crippen LogP contribution in [0.5, 0.6) is 0 Å². The number of nitrogens with zero attached hydrogens (tertiary/aromatic N) is 4. The Kier molecular flexibility index (Phi) is 6.22. The van der Waals surface area contributed by atoms with Gasteiger partial charge < -0.3 is 0 Å². The maximum absolute atomic E-state index is 5.33. The lowest BCUT2D eigenvalue weighted by Crippen LogP contribution is -1.95. The number of hydrogen-bond donors (Lipinski definition) is 0. The minimum atomic E-state index is 0.859. The summed E-state index contributed by atoms with van der Waals surface area (Å²) in [6, 6.07) is 59.5. The van der Waals surface area contributed by atoms with Crippen molar-refractivity contribution >= 4 is 43.6 Å². The molecule has 3 heterocycles. The monoisotopic (exact) mass is 660 g/mol. The van der Waals surface area contributed by atoms with Gasteiger partial charge in [-0.05, 0) is 57.3 Å². The van der Waals surface area contributed by atoms with Crippen LogP contribution in [0.2, 0.25) is 0 Å². The smallest absolute Gasteiger partial charge is 0.0973 e. The minimum absolute atomic E-state index is 0.859. The van der Waals surface area contributed by atoms with Gasteiger partial charge in [0, 0.05) is 33.0 Å². The third-order valence-corrected chi connectivity index (χ3v) is 10.4. The molecule has 0 atom stereocenters. The fraction of sp³-hybridized carbons (Fsp3) is 0. The van der Waals surface area contributed by atoms with Crippen LogP contribution in [-0.4, -0.2) is 19.9 Å². The number of hydrogen-bond acceptors (Lipinski definition) is 4. The molecule has 52 heavy (non-hydrogen) atoms. The molecule has 0 saturated heterocycles. The van der Waals surface area contributed by atoms with Crippen LogP contribution in [0, 0.1) is 0 Å². The molecule has 0 N–H and O–H groups in total. The Hall–Kier alpha value is -7.04. The summed E-state index contributed by atoms with van der Waals surface area (Å²) >= 11 is 0. The molecular weight excluding hydrogens is 633 g/mol. The van der Waals surface area contributed by atoms with Gasteiger partial charge in [0.1, 0.15) is 0 Å². The third kappa shape index (κ3) is 4.41. The van der Waals surface area contributed by atoms with Crippen LogP contribution in [-0.2, 0) is 0 Å². The van der Waals surface area contributed by atoms with Gasteiger partial charge in [-0.1, -0.05) is 146 Å². The number of benzene rings is 7. The average molecular weight is 661 g/mol. The Balaban J connectivity index is 1.01. The van der Waals surface area contributed by atoms with E-state index in [2.05, 4.69) is 127 Å². The Morgan fingerprint density at radius 1 is 0.288 bits per heavy atom. The van der Waals surface area contributed by atoms with Gasteiger partial charge in [-0.15, -0.1) is 0 Å². The van der Waals surface area contributed by atoms with Gasteiger partial charge >= 0.3 is 0 Å². The van der Waals surface area contributed by atoms with E-state index < -0.39 is 0 Å². The molecule has 4 heteroatoms. The minimum Gasteiger partial charge on any atom is -0.245 e.